The van der Waals surface area contributed by atoms with Crippen molar-refractivity contribution in [2.45, 2.75) is 47.0 Å². The van der Waals surface area contributed by atoms with Crippen molar-refractivity contribution in [2.75, 3.05) is 0 Å². The lowest BCUT2D eigenvalue weighted by molar-refractivity contribution is 0.215. The van der Waals surface area contributed by atoms with Gasteiger partial charge in [0, 0.05) is 11.4 Å². The van der Waals surface area contributed by atoms with Crippen LogP contribution in [-0.4, -0.2) is 9.97 Å². The first-order chi connectivity index (χ1) is 8.43. The van der Waals surface area contributed by atoms with Crippen LogP contribution in [0.5, 0.6) is 0 Å². The number of nitrogens with one attached hydrogen (secondary N) is 1. The standard InChI is InChI=1S/C16H22N2/c1-10-7-14-15(17-10)9-11-8-12(16(2,3)4)5-6-13(11)18-14/h7,9,12,17H,5-6,8H2,1-4H3. The minimum absolute atomic E-state index is 0.401. The predicted molar refractivity (Wildman–Crippen MR) is 75.8 cm³/mol. The molecular weight excluding hydrogens is 220 g/mol. The number of aryl methyl sites for hydroxylation is 2. The summed E-state index contributed by atoms with van der Waals surface area (Å²) in [6.45, 7) is 9.16. The van der Waals surface area contributed by atoms with E-state index in [-0.39, 0.29) is 0 Å². The topological polar surface area (TPSA) is 28.7 Å². The summed E-state index contributed by atoms with van der Waals surface area (Å²) in [5.41, 5.74) is 6.70. The van der Waals surface area contributed by atoms with E-state index in [2.05, 4.69) is 44.8 Å². The van der Waals surface area contributed by atoms with Crippen molar-refractivity contribution in [3.8, 4) is 0 Å². The summed E-state index contributed by atoms with van der Waals surface area (Å²) in [6, 6.07) is 4.47. The van der Waals surface area contributed by atoms with Crippen LogP contribution >= 0.6 is 0 Å². The van der Waals surface area contributed by atoms with E-state index in [0.29, 0.717) is 5.41 Å². The lowest BCUT2D eigenvalue weighted by atomic mass is 9.71. The van der Waals surface area contributed by atoms with Crippen molar-refractivity contribution in [1.82, 2.24) is 9.97 Å². The maximum atomic E-state index is 4.82. The summed E-state index contributed by atoms with van der Waals surface area (Å²) in [4.78, 5) is 8.22. The molecule has 1 atom stereocenters. The Morgan fingerprint density at radius 1 is 1.28 bits per heavy atom. The molecule has 2 aromatic heterocycles. The third-order valence-corrected chi connectivity index (χ3v) is 4.33. The molecule has 0 saturated carbocycles. The summed E-state index contributed by atoms with van der Waals surface area (Å²) in [7, 11) is 0. The van der Waals surface area contributed by atoms with Gasteiger partial charge in [0.25, 0.3) is 0 Å². The SMILES string of the molecule is Cc1cc2nc3c(cc2[nH]1)CC(C(C)(C)C)CC3. The van der Waals surface area contributed by atoms with Gasteiger partial charge in [0.1, 0.15) is 0 Å². The van der Waals surface area contributed by atoms with Crippen LogP contribution in [0.2, 0.25) is 0 Å². The molecule has 2 nitrogen and oxygen atoms in total. The highest BCUT2D eigenvalue weighted by atomic mass is 14.8. The van der Waals surface area contributed by atoms with Gasteiger partial charge in [0.15, 0.2) is 0 Å². The second-order valence-electron chi connectivity index (χ2n) is 6.79. The number of pyridine rings is 1. The van der Waals surface area contributed by atoms with Crippen LogP contribution in [0.4, 0.5) is 0 Å². The predicted octanol–water partition coefficient (Wildman–Crippen LogP) is 4.02. The average molecular weight is 242 g/mol. The number of aromatic amines is 1. The Bertz CT molecular complexity index is 587. The van der Waals surface area contributed by atoms with Crippen LogP contribution in [0.3, 0.4) is 0 Å². The minimum Gasteiger partial charge on any atom is -0.357 e. The van der Waals surface area contributed by atoms with Crippen LogP contribution in [-0.2, 0) is 12.8 Å². The molecule has 18 heavy (non-hydrogen) atoms. The highest BCUT2D eigenvalue weighted by molar-refractivity contribution is 5.77. The largest absolute Gasteiger partial charge is 0.357 e. The molecule has 0 spiro atoms. The molecule has 0 amide bonds. The van der Waals surface area contributed by atoms with Crippen LogP contribution in [0.15, 0.2) is 12.1 Å². The highest BCUT2D eigenvalue weighted by Gasteiger charge is 2.29. The van der Waals surface area contributed by atoms with E-state index in [4.69, 9.17) is 4.98 Å². The van der Waals surface area contributed by atoms with Gasteiger partial charge in [0.2, 0.25) is 0 Å². The Balaban J connectivity index is 2.02. The zero-order valence-corrected chi connectivity index (χ0v) is 11.8. The van der Waals surface area contributed by atoms with Gasteiger partial charge in [0.05, 0.1) is 11.0 Å². The first kappa shape index (κ1) is 11.8. The first-order valence-corrected chi connectivity index (χ1v) is 6.91. The third kappa shape index (κ3) is 1.94. The van der Waals surface area contributed by atoms with Crippen molar-refractivity contribution in [2.24, 2.45) is 11.3 Å². The molecule has 2 aromatic rings. The van der Waals surface area contributed by atoms with Gasteiger partial charge in [-0.25, -0.2) is 0 Å². The van der Waals surface area contributed by atoms with Gasteiger partial charge in [-0.1, -0.05) is 20.8 Å². The first-order valence-electron chi connectivity index (χ1n) is 6.91. The zero-order valence-electron chi connectivity index (χ0n) is 11.8. The molecule has 1 aliphatic carbocycles. The van der Waals surface area contributed by atoms with E-state index in [1.54, 1.807) is 0 Å². The van der Waals surface area contributed by atoms with Crippen molar-refractivity contribution in [1.29, 1.82) is 0 Å². The fourth-order valence-electron chi connectivity index (χ4n) is 3.08. The van der Waals surface area contributed by atoms with Gasteiger partial charge in [-0.05, 0) is 55.2 Å². The van der Waals surface area contributed by atoms with Gasteiger partial charge < -0.3 is 4.98 Å². The van der Waals surface area contributed by atoms with Crippen LogP contribution in [0.1, 0.15) is 44.1 Å². The van der Waals surface area contributed by atoms with Crippen molar-refractivity contribution in [3.05, 3.63) is 29.1 Å². The van der Waals surface area contributed by atoms with E-state index in [1.165, 1.54) is 35.3 Å². The summed E-state index contributed by atoms with van der Waals surface area (Å²) >= 11 is 0. The molecular formula is C16H22N2. The molecule has 2 heteroatoms. The fourth-order valence-corrected chi connectivity index (χ4v) is 3.08. The molecule has 0 saturated heterocycles. The Morgan fingerprint density at radius 3 is 2.78 bits per heavy atom. The van der Waals surface area contributed by atoms with E-state index < -0.39 is 0 Å². The monoisotopic (exact) mass is 242 g/mol. The third-order valence-electron chi connectivity index (χ3n) is 4.33. The maximum Gasteiger partial charge on any atom is 0.0885 e. The Morgan fingerprint density at radius 2 is 2.06 bits per heavy atom. The fraction of sp³-hybridized carbons (Fsp3) is 0.562. The second kappa shape index (κ2) is 3.84. The molecule has 1 N–H and O–H groups in total. The molecule has 96 valence electrons. The van der Waals surface area contributed by atoms with Gasteiger partial charge in [-0.15, -0.1) is 0 Å². The van der Waals surface area contributed by atoms with Crippen molar-refractivity contribution < 1.29 is 0 Å². The molecule has 0 radical (unpaired) electrons. The van der Waals surface area contributed by atoms with Gasteiger partial charge in [-0.2, -0.15) is 0 Å². The van der Waals surface area contributed by atoms with Crippen LogP contribution in [0.25, 0.3) is 11.0 Å². The molecule has 0 aliphatic heterocycles. The van der Waals surface area contributed by atoms with Crippen molar-refractivity contribution >= 4 is 11.0 Å². The number of aromatic nitrogens is 2. The van der Waals surface area contributed by atoms with E-state index in [9.17, 15) is 0 Å². The number of rotatable bonds is 0. The number of H-pyrrole nitrogens is 1. The van der Waals surface area contributed by atoms with Gasteiger partial charge >= 0.3 is 0 Å². The normalized spacial score (nSPS) is 20.1. The Kier molecular flexibility index (Phi) is 2.51. The molecule has 1 aliphatic rings. The molecule has 0 bridgehead atoms. The molecule has 3 rings (SSSR count). The molecule has 2 heterocycles. The van der Waals surface area contributed by atoms with E-state index in [1.807, 2.05) is 0 Å². The van der Waals surface area contributed by atoms with Crippen LogP contribution < -0.4 is 0 Å². The van der Waals surface area contributed by atoms with Crippen LogP contribution in [0, 0.1) is 18.3 Å². The number of hydrogen-bond acceptors (Lipinski definition) is 1. The number of nitrogens with zero attached hydrogens (tertiary/aromatic N) is 1. The minimum atomic E-state index is 0.401. The summed E-state index contributed by atoms with van der Waals surface area (Å²) in [6.07, 6.45) is 3.59. The van der Waals surface area contributed by atoms with Crippen molar-refractivity contribution in [3.63, 3.8) is 0 Å². The van der Waals surface area contributed by atoms with E-state index in [0.717, 1.165) is 17.9 Å². The maximum absolute atomic E-state index is 4.82. The lowest BCUT2D eigenvalue weighted by Crippen LogP contribution is -2.27. The molecule has 0 fully saturated rings. The van der Waals surface area contributed by atoms with E-state index >= 15 is 0 Å². The Labute approximate surface area is 109 Å². The zero-order chi connectivity index (χ0) is 12.9. The summed E-state index contributed by atoms with van der Waals surface area (Å²) in [5.74, 6) is 0.778. The number of hydrogen-bond donors (Lipinski definition) is 1. The second-order valence-corrected chi connectivity index (χ2v) is 6.79. The Hall–Kier alpha value is -1.31. The summed E-state index contributed by atoms with van der Waals surface area (Å²) < 4.78 is 0. The highest BCUT2D eigenvalue weighted by Crippen LogP contribution is 2.37. The summed E-state index contributed by atoms with van der Waals surface area (Å²) in [5, 5.41) is 0. The van der Waals surface area contributed by atoms with Gasteiger partial charge in [-0.3, -0.25) is 4.98 Å². The quantitative estimate of drug-likeness (QED) is 0.742. The lowest BCUT2D eigenvalue weighted by Gasteiger charge is -2.34. The average Bonchev–Trinajstić information content (AvgIpc) is 2.62. The number of fused-ring (bicyclic) bond motifs is 2. The smallest absolute Gasteiger partial charge is 0.0885 e. The molecule has 0 aromatic carbocycles. The molecule has 1 unspecified atom stereocenters.